The Kier molecular flexibility index (Phi) is 5.25. The summed E-state index contributed by atoms with van der Waals surface area (Å²) in [6.45, 7) is 1.35. The highest BCUT2D eigenvalue weighted by molar-refractivity contribution is 6.29. The Morgan fingerprint density at radius 3 is 2.58 bits per heavy atom. The zero-order chi connectivity index (χ0) is 14.4. The number of esters is 1. The van der Waals surface area contributed by atoms with Crippen LogP contribution in [0.2, 0.25) is 5.15 Å². The summed E-state index contributed by atoms with van der Waals surface area (Å²) in [5.41, 5.74) is 0.156. The van der Waals surface area contributed by atoms with Gasteiger partial charge in [0.1, 0.15) is 5.15 Å². The second kappa shape index (κ2) is 6.69. The number of urea groups is 1. The van der Waals surface area contributed by atoms with Gasteiger partial charge in [0.15, 0.2) is 6.10 Å². The maximum Gasteiger partial charge on any atom is 0.340 e. The topological polar surface area (TPSA) is 97.4 Å². The molecule has 1 heterocycles. The van der Waals surface area contributed by atoms with Gasteiger partial charge in [-0.05, 0) is 19.1 Å². The Morgan fingerprint density at radius 1 is 1.37 bits per heavy atom. The molecule has 0 fully saturated rings. The largest absolute Gasteiger partial charge is 0.449 e. The quantitative estimate of drug-likeness (QED) is 0.630. The van der Waals surface area contributed by atoms with Crippen molar-refractivity contribution in [2.75, 3.05) is 7.05 Å². The van der Waals surface area contributed by atoms with Gasteiger partial charge in [0.25, 0.3) is 5.91 Å². The number of rotatable bonds is 3. The van der Waals surface area contributed by atoms with E-state index in [1.807, 2.05) is 5.32 Å². The van der Waals surface area contributed by atoms with Crippen molar-refractivity contribution < 1.29 is 19.1 Å². The lowest BCUT2D eigenvalue weighted by atomic mass is 10.3. The number of amides is 3. The second-order valence-corrected chi connectivity index (χ2v) is 3.87. The van der Waals surface area contributed by atoms with Crippen LogP contribution in [0.1, 0.15) is 17.3 Å². The van der Waals surface area contributed by atoms with E-state index in [2.05, 4.69) is 10.3 Å². The summed E-state index contributed by atoms with van der Waals surface area (Å²) in [7, 11) is 1.36. The number of imide groups is 1. The fourth-order valence-corrected chi connectivity index (χ4v) is 1.17. The SMILES string of the molecule is CNC(=O)NC(=O)[C@@H](C)OC(=O)c1ccc(Cl)nc1. The molecule has 0 saturated heterocycles. The van der Waals surface area contributed by atoms with Gasteiger partial charge in [-0.3, -0.25) is 10.1 Å². The van der Waals surface area contributed by atoms with Crippen molar-refractivity contribution in [2.24, 2.45) is 0 Å². The number of carbonyl (C=O) groups excluding carboxylic acids is 3. The number of nitrogens with zero attached hydrogens (tertiary/aromatic N) is 1. The van der Waals surface area contributed by atoms with Crippen molar-refractivity contribution in [1.82, 2.24) is 15.6 Å². The van der Waals surface area contributed by atoms with Gasteiger partial charge in [0, 0.05) is 13.2 Å². The minimum atomic E-state index is -1.11. The van der Waals surface area contributed by atoms with E-state index in [0.29, 0.717) is 0 Å². The zero-order valence-corrected chi connectivity index (χ0v) is 11.0. The summed E-state index contributed by atoms with van der Waals surface area (Å²) in [6, 6.07) is 2.16. The summed E-state index contributed by atoms with van der Waals surface area (Å²) in [6.07, 6.45) is 0.120. The van der Waals surface area contributed by atoms with Gasteiger partial charge < -0.3 is 10.1 Å². The van der Waals surface area contributed by atoms with E-state index in [4.69, 9.17) is 16.3 Å². The molecular formula is C11H12ClN3O4. The summed E-state index contributed by atoms with van der Waals surface area (Å²) in [5, 5.41) is 4.44. The van der Waals surface area contributed by atoms with Crippen LogP contribution in [0.4, 0.5) is 4.79 Å². The molecule has 0 spiro atoms. The van der Waals surface area contributed by atoms with Crippen molar-refractivity contribution in [3.8, 4) is 0 Å². The van der Waals surface area contributed by atoms with Gasteiger partial charge in [0.2, 0.25) is 0 Å². The predicted molar refractivity (Wildman–Crippen MR) is 66.7 cm³/mol. The standard InChI is InChI=1S/C11H12ClN3O4/c1-6(9(16)15-11(18)13-2)19-10(17)7-3-4-8(12)14-5-7/h3-6H,1-2H3,(H2,13,15,16,18)/t6-/m1/s1. The van der Waals surface area contributed by atoms with Crippen LogP contribution in [0.15, 0.2) is 18.3 Å². The third kappa shape index (κ3) is 4.55. The molecule has 7 nitrogen and oxygen atoms in total. The maximum atomic E-state index is 11.6. The number of ether oxygens (including phenoxy) is 1. The van der Waals surface area contributed by atoms with Gasteiger partial charge >= 0.3 is 12.0 Å². The highest BCUT2D eigenvalue weighted by Gasteiger charge is 2.20. The molecule has 0 radical (unpaired) electrons. The summed E-state index contributed by atoms with van der Waals surface area (Å²) in [4.78, 5) is 37.7. The van der Waals surface area contributed by atoms with E-state index in [1.165, 1.54) is 32.3 Å². The van der Waals surface area contributed by atoms with Gasteiger partial charge in [0.05, 0.1) is 5.56 Å². The summed E-state index contributed by atoms with van der Waals surface area (Å²) < 4.78 is 4.87. The molecule has 2 N–H and O–H groups in total. The Hall–Kier alpha value is -2.15. The van der Waals surface area contributed by atoms with E-state index in [1.54, 1.807) is 0 Å². The zero-order valence-electron chi connectivity index (χ0n) is 10.3. The van der Waals surface area contributed by atoms with E-state index in [0.717, 1.165) is 0 Å². The molecule has 0 aliphatic heterocycles. The van der Waals surface area contributed by atoms with Crippen LogP contribution < -0.4 is 10.6 Å². The average molecular weight is 286 g/mol. The molecule has 3 amide bonds. The Morgan fingerprint density at radius 2 is 2.05 bits per heavy atom. The van der Waals surface area contributed by atoms with Crippen molar-refractivity contribution in [3.63, 3.8) is 0 Å². The average Bonchev–Trinajstić information content (AvgIpc) is 2.38. The highest BCUT2D eigenvalue weighted by atomic mass is 35.5. The lowest BCUT2D eigenvalue weighted by Gasteiger charge is -2.12. The van der Waals surface area contributed by atoms with E-state index >= 15 is 0 Å². The van der Waals surface area contributed by atoms with Crippen LogP contribution in [-0.2, 0) is 9.53 Å². The molecule has 0 aromatic carbocycles. The monoisotopic (exact) mass is 285 g/mol. The molecule has 102 valence electrons. The van der Waals surface area contributed by atoms with Crippen molar-refractivity contribution in [1.29, 1.82) is 0 Å². The first-order valence-electron chi connectivity index (χ1n) is 5.29. The van der Waals surface area contributed by atoms with Crippen molar-refractivity contribution >= 4 is 29.5 Å². The fourth-order valence-electron chi connectivity index (χ4n) is 1.05. The Labute approximate surface area is 114 Å². The molecule has 8 heteroatoms. The van der Waals surface area contributed by atoms with Crippen molar-refractivity contribution in [2.45, 2.75) is 13.0 Å². The van der Waals surface area contributed by atoms with Crippen LogP contribution >= 0.6 is 11.6 Å². The van der Waals surface area contributed by atoms with Crippen LogP contribution in [0.5, 0.6) is 0 Å². The van der Waals surface area contributed by atoms with Crippen LogP contribution in [0.3, 0.4) is 0 Å². The smallest absolute Gasteiger partial charge is 0.340 e. The number of carbonyl (C=O) groups is 3. The number of aromatic nitrogens is 1. The van der Waals surface area contributed by atoms with Crippen LogP contribution in [0.25, 0.3) is 0 Å². The molecule has 0 aliphatic rings. The molecule has 1 atom stereocenters. The van der Waals surface area contributed by atoms with Gasteiger partial charge in [-0.25, -0.2) is 14.6 Å². The molecule has 0 unspecified atom stereocenters. The number of pyridine rings is 1. The van der Waals surface area contributed by atoms with E-state index < -0.39 is 24.0 Å². The number of hydrogen-bond acceptors (Lipinski definition) is 5. The van der Waals surface area contributed by atoms with Gasteiger partial charge in [-0.1, -0.05) is 11.6 Å². The summed E-state index contributed by atoms with van der Waals surface area (Å²) in [5.74, 6) is -1.46. The minimum Gasteiger partial charge on any atom is -0.449 e. The first kappa shape index (κ1) is 14.9. The Balaban J connectivity index is 2.59. The first-order valence-corrected chi connectivity index (χ1v) is 5.67. The molecule has 19 heavy (non-hydrogen) atoms. The first-order chi connectivity index (χ1) is 8.93. The fraction of sp³-hybridized carbons (Fsp3) is 0.273. The molecule has 1 aromatic heterocycles. The molecule has 1 aromatic rings. The molecule has 0 aliphatic carbocycles. The summed E-state index contributed by atoms with van der Waals surface area (Å²) >= 11 is 5.57. The van der Waals surface area contributed by atoms with Crippen LogP contribution in [0, 0.1) is 0 Å². The minimum absolute atomic E-state index is 0.156. The third-order valence-corrected chi connectivity index (χ3v) is 2.30. The maximum absolute atomic E-state index is 11.6. The number of hydrogen-bond donors (Lipinski definition) is 2. The lowest BCUT2D eigenvalue weighted by molar-refractivity contribution is -0.127. The molecular weight excluding hydrogens is 274 g/mol. The van der Waals surface area contributed by atoms with Crippen LogP contribution in [-0.4, -0.2) is 36.0 Å². The van der Waals surface area contributed by atoms with E-state index in [-0.39, 0.29) is 10.7 Å². The molecule has 0 bridgehead atoms. The van der Waals surface area contributed by atoms with Gasteiger partial charge in [-0.15, -0.1) is 0 Å². The number of nitrogens with one attached hydrogen (secondary N) is 2. The van der Waals surface area contributed by atoms with Gasteiger partial charge in [-0.2, -0.15) is 0 Å². The van der Waals surface area contributed by atoms with E-state index in [9.17, 15) is 14.4 Å². The highest BCUT2D eigenvalue weighted by Crippen LogP contribution is 2.07. The third-order valence-electron chi connectivity index (χ3n) is 2.08. The predicted octanol–water partition coefficient (Wildman–Crippen LogP) is 0.736. The number of halogens is 1. The van der Waals surface area contributed by atoms with Crippen molar-refractivity contribution in [3.05, 3.63) is 29.0 Å². The normalized spacial score (nSPS) is 11.3. The lowest BCUT2D eigenvalue weighted by Crippen LogP contribution is -2.43. The Bertz CT molecular complexity index is 489. The second-order valence-electron chi connectivity index (χ2n) is 3.49. The molecule has 0 saturated carbocycles. The molecule has 1 rings (SSSR count).